The van der Waals surface area contributed by atoms with Crippen molar-refractivity contribution < 1.29 is 26.7 Å². The first-order valence-corrected chi connectivity index (χ1v) is 14.6. The van der Waals surface area contributed by atoms with Crippen LogP contribution in [-0.4, -0.2) is 49.2 Å². The van der Waals surface area contributed by atoms with Crippen LogP contribution in [0, 0.1) is 11.7 Å². The van der Waals surface area contributed by atoms with E-state index in [1.165, 1.54) is 18.2 Å². The van der Waals surface area contributed by atoms with Gasteiger partial charge in [-0.25, -0.2) is 21.9 Å². The summed E-state index contributed by atoms with van der Waals surface area (Å²) in [5.74, 6) is -0.835. The number of nitrogens with zero attached hydrogens (tertiary/aromatic N) is 2. The van der Waals surface area contributed by atoms with Gasteiger partial charge in [-0.3, -0.25) is 14.7 Å². The summed E-state index contributed by atoms with van der Waals surface area (Å²) in [6, 6.07) is 5.96. The van der Waals surface area contributed by atoms with Crippen molar-refractivity contribution >= 4 is 27.5 Å². The largest absolute Gasteiger partial charge is 0.493 e. The van der Waals surface area contributed by atoms with E-state index in [-0.39, 0.29) is 17.4 Å². The van der Waals surface area contributed by atoms with Crippen molar-refractivity contribution in [2.24, 2.45) is 5.92 Å². The zero-order valence-corrected chi connectivity index (χ0v) is 22.0. The van der Waals surface area contributed by atoms with Crippen molar-refractivity contribution in [3.05, 3.63) is 57.6 Å². The number of carbonyl (C=O) groups excluding carboxylic acids is 1. The number of rotatable bonds is 10. The monoisotopic (exact) mass is 553 g/mol. The fourth-order valence-corrected chi connectivity index (χ4v) is 6.28. The summed E-state index contributed by atoms with van der Waals surface area (Å²) in [7, 11) is -3.76. The van der Waals surface area contributed by atoms with Crippen molar-refractivity contribution in [3.63, 3.8) is 0 Å². The Morgan fingerprint density at radius 2 is 1.78 bits per heavy atom. The number of halogens is 3. The van der Waals surface area contributed by atoms with Gasteiger partial charge in [0.15, 0.2) is 0 Å². The Hall–Kier alpha value is -2.30. The summed E-state index contributed by atoms with van der Waals surface area (Å²) in [6.07, 6.45) is 4.64. The van der Waals surface area contributed by atoms with Crippen LogP contribution in [0.4, 0.5) is 8.78 Å². The van der Waals surface area contributed by atoms with Gasteiger partial charge in [-0.2, -0.15) is 0 Å². The minimum atomic E-state index is -3.76. The number of hydrogen-bond acceptors (Lipinski definition) is 6. The molecule has 1 aromatic carbocycles. The third-order valence-corrected chi connectivity index (χ3v) is 9.20. The van der Waals surface area contributed by atoms with Crippen LogP contribution in [0.5, 0.6) is 5.75 Å². The number of benzene rings is 1. The number of piperidine rings is 1. The number of alkyl halides is 1. The fourth-order valence-electron chi connectivity index (χ4n) is 4.74. The topological polar surface area (TPSA) is 88.6 Å². The number of nitrogens with one attached hydrogen (secondary N) is 1. The summed E-state index contributed by atoms with van der Waals surface area (Å²) in [4.78, 5) is 19.1. The van der Waals surface area contributed by atoms with E-state index in [1.54, 1.807) is 6.07 Å². The molecule has 2 saturated carbocycles. The van der Waals surface area contributed by atoms with E-state index in [9.17, 15) is 22.0 Å². The average Bonchev–Trinajstić information content (AvgIpc) is 3.75. The van der Waals surface area contributed by atoms with Gasteiger partial charge in [0.25, 0.3) is 5.91 Å². The van der Waals surface area contributed by atoms with Crippen LogP contribution in [0.1, 0.15) is 71.8 Å². The van der Waals surface area contributed by atoms with Crippen LogP contribution < -0.4 is 9.46 Å². The van der Waals surface area contributed by atoms with Gasteiger partial charge >= 0.3 is 0 Å². The number of hydrogen-bond donors (Lipinski definition) is 1. The molecule has 0 unspecified atom stereocenters. The van der Waals surface area contributed by atoms with Gasteiger partial charge in [-0.1, -0.05) is 11.6 Å². The molecule has 1 aromatic heterocycles. The smallest absolute Gasteiger partial charge is 0.267 e. The van der Waals surface area contributed by atoms with E-state index in [4.69, 9.17) is 16.3 Å². The van der Waals surface area contributed by atoms with E-state index >= 15 is 0 Å². The third-order valence-electron chi connectivity index (χ3n) is 7.16. The van der Waals surface area contributed by atoms with Crippen molar-refractivity contribution in [1.29, 1.82) is 0 Å². The van der Waals surface area contributed by atoms with Crippen LogP contribution in [0.25, 0.3) is 0 Å². The third kappa shape index (κ3) is 6.59. The Bertz CT molecular complexity index is 1280. The summed E-state index contributed by atoms with van der Waals surface area (Å²) >= 11 is 6.07. The van der Waals surface area contributed by atoms with Crippen LogP contribution in [0.3, 0.4) is 0 Å². The Kier molecular flexibility index (Phi) is 7.70. The summed E-state index contributed by atoms with van der Waals surface area (Å²) in [6.45, 7) is 2.02. The summed E-state index contributed by atoms with van der Waals surface area (Å²) in [5, 5.41) is -0.0847. The molecule has 0 spiro atoms. The van der Waals surface area contributed by atoms with Crippen LogP contribution in [0.2, 0.25) is 5.02 Å². The molecule has 2 heterocycles. The van der Waals surface area contributed by atoms with Crippen LogP contribution in [0.15, 0.2) is 24.3 Å². The van der Waals surface area contributed by atoms with Crippen LogP contribution >= 0.6 is 11.6 Å². The highest BCUT2D eigenvalue weighted by Gasteiger charge is 2.38. The van der Waals surface area contributed by atoms with Gasteiger partial charge in [-0.15, -0.1) is 0 Å². The van der Waals surface area contributed by atoms with Crippen LogP contribution in [-0.2, 0) is 23.2 Å². The molecule has 1 aliphatic heterocycles. The van der Waals surface area contributed by atoms with Crippen molar-refractivity contribution in [1.82, 2.24) is 14.6 Å². The van der Waals surface area contributed by atoms with Gasteiger partial charge in [0.2, 0.25) is 10.0 Å². The first-order chi connectivity index (χ1) is 17.7. The summed E-state index contributed by atoms with van der Waals surface area (Å²) in [5.41, 5.74) is 1.56. The van der Waals surface area contributed by atoms with Crippen molar-refractivity contribution in [3.8, 4) is 5.75 Å². The quantitative estimate of drug-likeness (QED) is 0.457. The Morgan fingerprint density at radius 1 is 1.08 bits per heavy atom. The number of amides is 1. The maximum atomic E-state index is 14.9. The Morgan fingerprint density at radius 3 is 2.43 bits per heavy atom. The Balaban J connectivity index is 1.18. The first kappa shape index (κ1) is 26.3. The standard InChI is InChI=1S/C26H30ClF2N3O4S/c27-18-9-19(13-28)30-20(10-18)14-32-7-5-16(6-8-32)15-36-25-12-24(29)23(11-22(25)17-1-2-17)26(33)31-37(34,35)21-3-4-21/h9-12,16-17,21H,1-8,13-15H2,(H,31,33). The number of likely N-dealkylation sites (tertiary alicyclic amines) is 1. The molecular formula is C26H30ClF2N3O4S. The number of ether oxygens (including phenoxy) is 1. The maximum absolute atomic E-state index is 14.9. The highest BCUT2D eigenvalue weighted by molar-refractivity contribution is 7.91. The molecule has 1 N–H and O–H groups in total. The molecule has 7 nitrogen and oxygen atoms in total. The van der Waals surface area contributed by atoms with E-state index in [0.717, 1.165) is 50.0 Å². The maximum Gasteiger partial charge on any atom is 0.267 e. The van der Waals surface area contributed by atoms with Crippen molar-refractivity contribution in [2.45, 2.75) is 62.9 Å². The lowest BCUT2D eigenvalue weighted by Gasteiger charge is -2.31. The molecule has 0 bridgehead atoms. The normalized spacial score (nSPS) is 19.1. The van der Waals surface area contributed by atoms with E-state index in [2.05, 4.69) is 9.88 Å². The molecule has 37 heavy (non-hydrogen) atoms. The molecule has 200 valence electrons. The molecule has 5 rings (SSSR count). The van der Waals surface area contributed by atoms with E-state index < -0.39 is 33.7 Å². The molecule has 0 radical (unpaired) electrons. The second kappa shape index (κ2) is 10.8. The SMILES string of the molecule is O=C(NS(=O)(=O)C1CC1)c1cc(C2CC2)c(OCC2CCN(Cc3cc(Cl)cc(CF)n3)CC2)cc1F. The van der Waals surface area contributed by atoms with Gasteiger partial charge < -0.3 is 4.74 Å². The molecule has 0 atom stereocenters. The molecule has 2 aromatic rings. The Labute approximate surface area is 220 Å². The number of sulfonamides is 1. The van der Waals surface area contributed by atoms with Gasteiger partial charge in [0, 0.05) is 17.6 Å². The average molecular weight is 554 g/mol. The van der Waals surface area contributed by atoms with Crippen molar-refractivity contribution in [2.75, 3.05) is 19.7 Å². The molecule has 3 fully saturated rings. The highest BCUT2D eigenvalue weighted by Crippen LogP contribution is 2.45. The van der Waals surface area contributed by atoms with Gasteiger partial charge in [-0.05, 0) is 87.2 Å². The lowest BCUT2D eigenvalue weighted by Crippen LogP contribution is -2.35. The van der Waals surface area contributed by atoms with Gasteiger partial charge in [0.05, 0.1) is 28.8 Å². The number of carbonyl (C=O) groups is 1. The van der Waals surface area contributed by atoms with E-state index in [0.29, 0.717) is 42.5 Å². The number of aromatic nitrogens is 1. The van der Waals surface area contributed by atoms with E-state index in [1.807, 2.05) is 4.72 Å². The zero-order valence-electron chi connectivity index (χ0n) is 20.4. The first-order valence-electron chi connectivity index (χ1n) is 12.7. The van der Waals surface area contributed by atoms with Gasteiger partial charge in [0.1, 0.15) is 18.2 Å². The molecule has 3 aliphatic rings. The minimum Gasteiger partial charge on any atom is -0.493 e. The second-order valence-electron chi connectivity index (χ2n) is 10.3. The predicted octanol–water partition coefficient (Wildman–Crippen LogP) is 4.73. The molecule has 11 heteroatoms. The summed E-state index contributed by atoms with van der Waals surface area (Å²) < 4.78 is 60.2. The molecular weight excluding hydrogens is 524 g/mol. The predicted molar refractivity (Wildman–Crippen MR) is 135 cm³/mol. The molecule has 2 aliphatic carbocycles. The lowest BCUT2D eigenvalue weighted by molar-refractivity contribution is 0.0977. The molecule has 1 saturated heterocycles. The zero-order chi connectivity index (χ0) is 26.2. The fraction of sp³-hybridized carbons (Fsp3) is 0.538. The highest BCUT2D eigenvalue weighted by atomic mass is 35.5. The second-order valence-corrected chi connectivity index (χ2v) is 12.6. The molecule has 1 amide bonds. The number of pyridine rings is 1. The minimum absolute atomic E-state index is 0.184. The lowest BCUT2D eigenvalue weighted by atomic mass is 9.97.